The number of nitrogens with zero attached hydrogens (tertiary/aromatic N) is 2. The summed E-state index contributed by atoms with van der Waals surface area (Å²) in [6.07, 6.45) is 0. The lowest BCUT2D eigenvalue weighted by Gasteiger charge is -2.29. The second-order valence-corrected chi connectivity index (χ2v) is 9.89. The van der Waals surface area contributed by atoms with Gasteiger partial charge in [-0.25, -0.2) is 5.01 Å². The van der Waals surface area contributed by atoms with Gasteiger partial charge < -0.3 is 9.47 Å². The summed E-state index contributed by atoms with van der Waals surface area (Å²) in [7, 11) is 0. The molecule has 1 heterocycles. The molecule has 0 saturated heterocycles. The fourth-order valence-electron chi connectivity index (χ4n) is 3.05. The Morgan fingerprint density at radius 1 is 1.14 bits per heavy atom. The Bertz CT molecular complexity index is 768. The molecule has 1 aliphatic heterocycles. The van der Waals surface area contributed by atoms with Crippen molar-refractivity contribution in [1.82, 2.24) is 5.01 Å². The van der Waals surface area contributed by atoms with Crippen LogP contribution in [0.15, 0.2) is 29.4 Å². The lowest BCUT2D eigenvalue weighted by molar-refractivity contribution is -0.158. The maximum Gasteiger partial charge on any atom is 0.314 e. The van der Waals surface area contributed by atoms with Gasteiger partial charge >= 0.3 is 5.97 Å². The largest absolute Gasteiger partial charge is 0.469 e. The van der Waals surface area contributed by atoms with Gasteiger partial charge in [-0.2, -0.15) is 0 Å². The number of benzene rings is 1. The van der Waals surface area contributed by atoms with Crippen molar-refractivity contribution in [2.24, 2.45) is 16.4 Å². The van der Waals surface area contributed by atoms with E-state index in [4.69, 9.17) is 9.47 Å². The maximum atomic E-state index is 12.7. The number of amides is 1. The Hall–Kier alpha value is -2.37. The summed E-state index contributed by atoms with van der Waals surface area (Å²) in [5, 5.41) is 5.84. The summed E-state index contributed by atoms with van der Waals surface area (Å²) in [5.74, 6) is -0.0632. The third-order valence-electron chi connectivity index (χ3n) is 4.47. The van der Waals surface area contributed by atoms with Gasteiger partial charge in [-0.1, -0.05) is 58.9 Å². The third kappa shape index (κ3) is 6.31. The summed E-state index contributed by atoms with van der Waals surface area (Å²) in [5.41, 5.74) is 1.06. The van der Waals surface area contributed by atoms with Crippen LogP contribution in [-0.4, -0.2) is 35.0 Å². The van der Waals surface area contributed by atoms with Crippen LogP contribution >= 0.6 is 0 Å². The number of carbonyl (C=O) groups is 2. The molecule has 0 N–H and O–H groups in total. The Morgan fingerprint density at radius 2 is 1.72 bits per heavy atom. The molecular formula is C23H34N2O4. The molecule has 29 heavy (non-hydrogen) atoms. The van der Waals surface area contributed by atoms with Crippen LogP contribution in [0.25, 0.3) is 0 Å². The van der Waals surface area contributed by atoms with E-state index in [0.717, 1.165) is 11.1 Å². The molecule has 0 saturated carbocycles. The molecule has 2 rings (SSSR count). The van der Waals surface area contributed by atoms with E-state index in [2.05, 4.69) is 5.10 Å². The predicted octanol–water partition coefficient (Wildman–Crippen LogP) is 4.49. The van der Waals surface area contributed by atoms with Gasteiger partial charge in [0.15, 0.2) is 6.61 Å². The average molecular weight is 403 g/mol. The second-order valence-electron chi connectivity index (χ2n) is 9.89. The molecule has 1 amide bonds. The topological polar surface area (TPSA) is 68.2 Å². The third-order valence-corrected chi connectivity index (χ3v) is 4.47. The number of hydrogen-bond donors (Lipinski definition) is 0. The first-order chi connectivity index (χ1) is 13.3. The van der Waals surface area contributed by atoms with Crippen LogP contribution in [0.3, 0.4) is 0 Å². The van der Waals surface area contributed by atoms with Crippen LogP contribution in [0.2, 0.25) is 0 Å². The van der Waals surface area contributed by atoms with Crippen molar-refractivity contribution in [3.05, 3.63) is 35.4 Å². The molecule has 0 aliphatic carbocycles. The van der Waals surface area contributed by atoms with E-state index in [-0.39, 0.29) is 35.7 Å². The van der Waals surface area contributed by atoms with Crippen molar-refractivity contribution in [1.29, 1.82) is 0 Å². The fraction of sp³-hybridized carbons (Fsp3) is 0.609. The normalized spacial score (nSPS) is 16.4. The number of ether oxygens (including phenoxy) is 2. The lowest BCUT2D eigenvalue weighted by atomic mass is 9.88. The van der Waals surface area contributed by atoms with E-state index < -0.39 is 5.60 Å². The minimum absolute atomic E-state index is 0.00224. The molecule has 1 aliphatic rings. The molecule has 6 heteroatoms. The Kier molecular flexibility index (Phi) is 6.76. The smallest absolute Gasteiger partial charge is 0.314 e. The van der Waals surface area contributed by atoms with Gasteiger partial charge in [-0.05, 0) is 37.8 Å². The number of hydrogen-bond acceptors (Lipinski definition) is 5. The minimum Gasteiger partial charge on any atom is -0.469 e. The molecule has 1 aromatic rings. The van der Waals surface area contributed by atoms with Crippen LogP contribution < -0.4 is 0 Å². The van der Waals surface area contributed by atoms with Gasteiger partial charge in [0.05, 0.1) is 12.5 Å². The quantitative estimate of drug-likeness (QED) is 0.681. The zero-order valence-electron chi connectivity index (χ0n) is 18.9. The summed E-state index contributed by atoms with van der Waals surface area (Å²) >= 11 is 0. The minimum atomic E-state index is -0.524. The summed E-state index contributed by atoms with van der Waals surface area (Å²) in [6, 6.07) is 7.74. The van der Waals surface area contributed by atoms with Crippen molar-refractivity contribution < 1.29 is 19.1 Å². The van der Waals surface area contributed by atoms with Crippen LogP contribution in [-0.2, 0) is 25.6 Å². The van der Waals surface area contributed by atoms with Crippen LogP contribution in [0, 0.1) is 11.3 Å². The number of esters is 1. The standard InChI is InChI=1S/C23H34N2O4/c1-15(2)19(20(27)29-23(6,7)8)17-11-9-16(10-12-17)13-25-18(26)14-28-21(24-25)22(3,4)5/h9-12,15,19H,13-14H2,1-8H3. The van der Waals surface area contributed by atoms with Gasteiger partial charge in [0.2, 0.25) is 5.90 Å². The van der Waals surface area contributed by atoms with E-state index >= 15 is 0 Å². The van der Waals surface area contributed by atoms with Gasteiger partial charge in [0.25, 0.3) is 5.91 Å². The molecule has 0 aromatic heterocycles. The highest BCUT2D eigenvalue weighted by Gasteiger charge is 2.31. The molecular weight excluding hydrogens is 368 g/mol. The van der Waals surface area contributed by atoms with Gasteiger partial charge in [0.1, 0.15) is 5.60 Å². The van der Waals surface area contributed by atoms with Crippen molar-refractivity contribution in [3.63, 3.8) is 0 Å². The summed E-state index contributed by atoms with van der Waals surface area (Å²) in [4.78, 5) is 24.9. The Balaban J connectivity index is 2.18. The van der Waals surface area contributed by atoms with Crippen molar-refractivity contribution in [3.8, 4) is 0 Å². The van der Waals surface area contributed by atoms with Crippen LogP contribution in [0.4, 0.5) is 0 Å². The molecule has 0 bridgehead atoms. The fourth-order valence-corrected chi connectivity index (χ4v) is 3.05. The highest BCUT2D eigenvalue weighted by Crippen LogP contribution is 2.29. The molecule has 1 atom stereocenters. The number of carbonyl (C=O) groups excluding carboxylic acids is 2. The molecule has 0 spiro atoms. The second kappa shape index (κ2) is 8.56. The van der Waals surface area contributed by atoms with E-state index in [1.165, 1.54) is 5.01 Å². The molecule has 1 unspecified atom stereocenters. The van der Waals surface area contributed by atoms with E-state index in [1.807, 2.05) is 79.7 Å². The van der Waals surface area contributed by atoms with E-state index in [0.29, 0.717) is 12.4 Å². The highest BCUT2D eigenvalue weighted by atomic mass is 16.6. The summed E-state index contributed by atoms with van der Waals surface area (Å²) in [6.45, 7) is 16.0. The Morgan fingerprint density at radius 3 is 2.21 bits per heavy atom. The van der Waals surface area contributed by atoms with Crippen molar-refractivity contribution >= 4 is 17.8 Å². The molecule has 6 nitrogen and oxygen atoms in total. The SMILES string of the molecule is CC(C)C(C(=O)OC(C)(C)C)c1ccc(CN2N=C(C(C)(C)C)OCC2=O)cc1. The molecule has 0 fully saturated rings. The van der Waals surface area contributed by atoms with Crippen molar-refractivity contribution in [2.75, 3.05) is 6.61 Å². The van der Waals surface area contributed by atoms with Crippen LogP contribution in [0.1, 0.15) is 72.4 Å². The molecule has 160 valence electrons. The summed E-state index contributed by atoms with van der Waals surface area (Å²) < 4.78 is 11.1. The number of rotatable bonds is 5. The zero-order valence-corrected chi connectivity index (χ0v) is 18.9. The zero-order chi connectivity index (χ0) is 22.0. The molecule has 1 aromatic carbocycles. The average Bonchev–Trinajstić information content (AvgIpc) is 2.55. The Labute approximate surface area is 174 Å². The van der Waals surface area contributed by atoms with Gasteiger partial charge in [0, 0.05) is 5.41 Å². The van der Waals surface area contributed by atoms with E-state index in [9.17, 15) is 9.59 Å². The number of hydrazone groups is 1. The van der Waals surface area contributed by atoms with E-state index in [1.54, 1.807) is 0 Å². The first kappa shape index (κ1) is 22.9. The maximum absolute atomic E-state index is 12.7. The highest BCUT2D eigenvalue weighted by molar-refractivity contribution is 5.89. The van der Waals surface area contributed by atoms with Gasteiger partial charge in [-0.3, -0.25) is 9.59 Å². The first-order valence-corrected chi connectivity index (χ1v) is 10.1. The van der Waals surface area contributed by atoms with Gasteiger partial charge in [-0.15, -0.1) is 5.10 Å². The lowest BCUT2D eigenvalue weighted by Crippen LogP contribution is -2.40. The monoisotopic (exact) mass is 402 g/mol. The first-order valence-electron chi connectivity index (χ1n) is 10.1. The molecule has 0 radical (unpaired) electrons. The van der Waals surface area contributed by atoms with Crippen LogP contribution in [0.5, 0.6) is 0 Å². The van der Waals surface area contributed by atoms with Crippen molar-refractivity contribution in [2.45, 2.75) is 73.5 Å². The predicted molar refractivity (Wildman–Crippen MR) is 113 cm³/mol.